The van der Waals surface area contributed by atoms with Crippen molar-refractivity contribution in [3.63, 3.8) is 0 Å². The fraction of sp³-hybridized carbons (Fsp3) is 0.211. The molecule has 0 radical (unpaired) electrons. The summed E-state index contributed by atoms with van der Waals surface area (Å²) < 4.78 is 31.5. The first-order valence-electron chi connectivity index (χ1n) is 8.58. The topological polar surface area (TPSA) is 119 Å². The molecule has 2 aromatic rings. The Morgan fingerprint density at radius 2 is 1.93 bits per heavy atom. The fourth-order valence-corrected chi connectivity index (χ4v) is 3.45. The van der Waals surface area contributed by atoms with Gasteiger partial charge in [0.25, 0.3) is 5.69 Å². The van der Waals surface area contributed by atoms with Gasteiger partial charge in [0.15, 0.2) is 0 Å². The summed E-state index contributed by atoms with van der Waals surface area (Å²) in [5.74, 6) is -0.393. The highest BCUT2D eigenvalue weighted by Crippen LogP contribution is 2.29. The first-order valence-corrected chi connectivity index (χ1v) is 10.0. The monoisotopic (exact) mass is 419 g/mol. The maximum absolute atomic E-state index is 12.5. The summed E-state index contributed by atoms with van der Waals surface area (Å²) in [6.45, 7) is 2.01. The van der Waals surface area contributed by atoms with Crippen LogP contribution >= 0.6 is 0 Å². The predicted molar refractivity (Wildman–Crippen MR) is 109 cm³/mol. The Balaban J connectivity index is 2.28. The standard InChI is InChI=1S/C19H21N3O6S/c1-4-28-17-11-10-15(13-18(17)29(26,27)21(2)3)20-19(23)12-9-14-7-5-6-8-16(14)22(24)25/h5-13H,4H2,1-3H3,(H,20,23)/b12-9+. The highest BCUT2D eigenvalue weighted by Gasteiger charge is 2.23. The highest BCUT2D eigenvalue weighted by molar-refractivity contribution is 7.89. The van der Waals surface area contributed by atoms with Crippen LogP contribution in [0.3, 0.4) is 0 Å². The molecule has 0 aliphatic heterocycles. The maximum Gasteiger partial charge on any atom is 0.276 e. The van der Waals surface area contributed by atoms with Crippen LogP contribution in [0, 0.1) is 10.1 Å². The summed E-state index contributed by atoms with van der Waals surface area (Å²) in [7, 11) is -1.01. The second-order valence-electron chi connectivity index (χ2n) is 6.02. The summed E-state index contributed by atoms with van der Waals surface area (Å²) in [6.07, 6.45) is 2.46. The van der Waals surface area contributed by atoms with Crippen molar-refractivity contribution in [1.82, 2.24) is 4.31 Å². The third-order valence-electron chi connectivity index (χ3n) is 3.82. The van der Waals surface area contributed by atoms with Crippen LogP contribution in [-0.4, -0.2) is 44.3 Å². The van der Waals surface area contributed by atoms with Gasteiger partial charge in [-0.2, -0.15) is 0 Å². The van der Waals surface area contributed by atoms with Crippen LogP contribution in [0.1, 0.15) is 12.5 Å². The van der Waals surface area contributed by atoms with Crippen molar-refractivity contribution in [1.29, 1.82) is 0 Å². The highest BCUT2D eigenvalue weighted by atomic mass is 32.2. The predicted octanol–water partition coefficient (Wildman–Crippen LogP) is 2.90. The van der Waals surface area contributed by atoms with Crippen molar-refractivity contribution in [3.05, 3.63) is 64.2 Å². The van der Waals surface area contributed by atoms with Gasteiger partial charge < -0.3 is 10.1 Å². The van der Waals surface area contributed by atoms with Gasteiger partial charge in [-0.1, -0.05) is 12.1 Å². The molecule has 1 N–H and O–H groups in total. The molecule has 0 aliphatic rings. The number of benzene rings is 2. The number of carbonyl (C=O) groups is 1. The van der Waals surface area contributed by atoms with Crippen LogP contribution in [0.5, 0.6) is 5.75 Å². The van der Waals surface area contributed by atoms with Crippen LogP contribution in [0.25, 0.3) is 6.08 Å². The van der Waals surface area contributed by atoms with Crippen molar-refractivity contribution in [2.75, 3.05) is 26.0 Å². The van der Waals surface area contributed by atoms with E-state index in [0.717, 1.165) is 10.4 Å². The molecule has 0 saturated heterocycles. The minimum Gasteiger partial charge on any atom is -0.492 e. The number of amides is 1. The van der Waals surface area contributed by atoms with Crippen molar-refractivity contribution in [3.8, 4) is 5.75 Å². The number of carbonyl (C=O) groups excluding carboxylic acids is 1. The third-order valence-corrected chi connectivity index (χ3v) is 5.65. The average molecular weight is 419 g/mol. The molecule has 0 fully saturated rings. The van der Waals surface area contributed by atoms with Gasteiger partial charge >= 0.3 is 0 Å². The number of nitro groups is 1. The van der Waals surface area contributed by atoms with E-state index in [4.69, 9.17) is 4.74 Å². The van der Waals surface area contributed by atoms with Crippen LogP contribution < -0.4 is 10.1 Å². The second kappa shape index (κ2) is 9.30. The molecule has 154 valence electrons. The largest absolute Gasteiger partial charge is 0.492 e. The molecule has 1 amide bonds. The lowest BCUT2D eigenvalue weighted by atomic mass is 10.1. The molecule has 0 saturated carbocycles. The van der Waals surface area contributed by atoms with Crippen molar-refractivity contribution in [2.24, 2.45) is 0 Å². The van der Waals surface area contributed by atoms with Gasteiger partial charge in [-0.05, 0) is 37.3 Å². The minimum absolute atomic E-state index is 0.0789. The van der Waals surface area contributed by atoms with Gasteiger partial charge in [0.1, 0.15) is 10.6 Å². The molecule has 0 unspecified atom stereocenters. The van der Waals surface area contributed by atoms with E-state index in [-0.39, 0.29) is 34.2 Å². The minimum atomic E-state index is -3.79. The molecular weight excluding hydrogens is 398 g/mol. The normalized spacial score (nSPS) is 11.6. The molecule has 2 rings (SSSR count). The van der Waals surface area contributed by atoms with Gasteiger partial charge in [0, 0.05) is 31.9 Å². The molecule has 0 bridgehead atoms. The van der Waals surface area contributed by atoms with E-state index in [1.807, 2.05) is 0 Å². The van der Waals surface area contributed by atoms with E-state index in [1.54, 1.807) is 13.0 Å². The van der Waals surface area contributed by atoms with Crippen molar-refractivity contribution >= 4 is 33.4 Å². The lowest BCUT2D eigenvalue weighted by Gasteiger charge is -2.16. The number of nitro benzene ring substituents is 1. The molecule has 2 aromatic carbocycles. The van der Waals surface area contributed by atoms with E-state index in [0.29, 0.717) is 0 Å². The van der Waals surface area contributed by atoms with Gasteiger partial charge in [-0.3, -0.25) is 14.9 Å². The molecule has 9 nitrogen and oxygen atoms in total. The molecule has 0 heterocycles. The van der Waals surface area contributed by atoms with Crippen LogP contribution in [-0.2, 0) is 14.8 Å². The molecule has 0 atom stereocenters. The van der Waals surface area contributed by atoms with E-state index >= 15 is 0 Å². The van der Waals surface area contributed by atoms with Crippen molar-refractivity contribution in [2.45, 2.75) is 11.8 Å². The van der Waals surface area contributed by atoms with E-state index in [2.05, 4.69) is 5.32 Å². The fourth-order valence-electron chi connectivity index (χ4n) is 2.40. The number of rotatable bonds is 8. The number of para-hydroxylation sites is 1. The number of ether oxygens (including phenoxy) is 1. The van der Waals surface area contributed by atoms with E-state index in [9.17, 15) is 23.3 Å². The smallest absolute Gasteiger partial charge is 0.276 e. The summed E-state index contributed by atoms with van der Waals surface area (Å²) in [4.78, 5) is 22.6. The first kappa shape index (κ1) is 22.1. The van der Waals surface area contributed by atoms with Gasteiger partial charge in [-0.15, -0.1) is 0 Å². The summed E-state index contributed by atoms with van der Waals surface area (Å²) in [5.41, 5.74) is 0.387. The number of nitrogens with zero attached hydrogens (tertiary/aromatic N) is 2. The van der Waals surface area contributed by atoms with Gasteiger partial charge in [0.2, 0.25) is 15.9 Å². The zero-order chi connectivity index (χ0) is 21.6. The average Bonchev–Trinajstić information content (AvgIpc) is 2.67. The summed E-state index contributed by atoms with van der Waals surface area (Å²) >= 11 is 0. The number of nitrogens with one attached hydrogen (secondary N) is 1. The summed E-state index contributed by atoms with van der Waals surface area (Å²) in [5, 5.41) is 13.6. The molecule has 0 aliphatic carbocycles. The summed E-state index contributed by atoms with van der Waals surface area (Å²) in [6, 6.07) is 10.3. The zero-order valence-electron chi connectivity index (χ0n) is 16.2. The third kappa shape index (κ3) is 5.39. The number of sulfonamides is 1. The lowest BCUT2D eigenvalue weighted by Crippen LogP contribution is -2.23. The Bertz CT molecular complexity index is 1050. The number of anilines is 1. The van der Waals surface area contributed by atoms with Gasteiger partial charge in [0.05, 0.1) is 17.1 Å². The first-order chi connectivity index (χ1) is 13.7. The quantitative estimate of drug-likeness (QED) is 0.399. The van der Waals surface area contributed by atoms with E-state index < -0.39 is 20.9 Å². The number of hydrogen-bond acceptors (Lipinski definition) is 6. The second-order valence-corrected chi connectivity index (χ2v) is 8.14. The molecular formula is C19H21N3O6S. The number of hydrogen-bond donors (Lipinski definition) is 1. The Morgan fingerprint density at radius 3 is 2.55 bits per heavy atom. The maximum atomic E-state index is 12.5. The molecule has 10 heteroatoms. The zero-order valence-corrected chi connectivity index (χ0v) is 17.0. The molecule has 0 aromatic heterocycles. The van der Waals surface area contributed by atoms with Crippen LogP contribution in [0.4, 0.5) is 11.4 Å². The SMILES string of the molecule is CCOc1ccc(NC(=O)/C=C/c2ccccc2[N+](=O)[O-])cc1S(=O)(=O)N(C)C. The molecule has 0 spiro atoms. The van der Waals surface area contributed by atoms with Crippen LogP contribution in [0.2, 0.25) is 0 Å². The van der Waals surface area contributed by atoms with Crippen LogP contribution in [0.15, 0.2) is 53.4 Å². The Labute approximate surface area is 168 Å². The molecule has 29 heavy (non-hydrogen) atoms. The Morgan fingerprint density at radius 1 is 1.24 bits per heavy atom. The lowest BCUT2D eigenvalue weighted by molar-refractivity contribution is -0.385. The Kier molecular flexibility index (Phi) is 7.08. The van der Waals surface area contributed by atoms with E-state index in [1.165, 1.54) is 56.6 Å². The van der Waals surface area contributed by atoms with Gasteiger partial charge in [-0.25, -0.2) is 12.7 Å². The Hall–Kier alpha value is -3.24. The van der Waals surface area contributed by atoms with Crippen molar-refractivity contribution < 1.29 is 22.9 Å².